The van der Waals surface area contributed by atoms with E-state index in [1.807, 2.05) is 0 Å². The van der Waals surface area contributed by atoms with E-state index < -0.39 is 43.1 Å². The van der Waals surface area contributed by atoms with E-state index >= 15 is 0 Å². The lowest BCUT2D eigenvalue weighted by Crippen LogP contribution is -2.66. The largest absolute Gasteiger partial charge is 0.394 e. The van der Waals surface area contributed by atoms with Gasteiger partial charge >= 0.3 is 0 Å². The molecule has 0 radical (unpaired) electrons. The standard InChI is InChI=1S/C18H27N7O7/c1-2-31-4-3-10(27)19-5-11(28)24-12-9(6-26)32-18(15(30)14(12)29)25-17-13-16(21-7-20-13)22-8-23-17/h7-9,12,14-15,18,26,29-30H,2-6H2,1H3,(H,19,27)(H,24,28)(H2,20,21,22,23,25)/t9-,12-,14+,15-,18-/m0/s1. The summed E-state index contributed by atoms with van der Waals surface area (Å²) in [5, 5.41) is 38.6. The van der Waals surface area contributed by atoms with E-state index in [1.165, 1.54) is 12.7 Å². The predicted molar refractivity (Wildman–Crippen MR) is 109 cm³/mol. The number of fused-ring (bicyclic) bond motifs is 1. The number of rotatable bonds is 10. The Balaban J connectivity index is 1.58. The Kier molecular flexibility index (Phi) is 8.24. The molecular formula is C18H27N7O7. The molecule has 1 saturated heterocycles. The Morgan fingerprint density at radius 3 is 2.78 bits per heavy atom. The fourth-order valence-corrected chi connectivity index (χ4v) is 3.24. The zero-order valence-electron chi connectivity index (χ0n) is 17.4. The summed E-state index contributed by atoms with van der Waals surface area (Å²) in [6.45, 7) is 1.64. The van der Waals surface area contributed by atoms with E-state index in [1.54, 1.807) is 6.92 Å². The molecule has 2 amide bonds. The topological polar surface area (TPSA) is 204 Å². The molecule has 0 saturated carbocycles. The molecule has 176 valence electrons. The minimum absolute atomic E-state index is 0.105. The molecular weight excluding hydrogens is 426 g/mol. The first-order valence-corrected chi connectivity index (χ1v) is 10.1. The number of aromatic nitrogens is 4. The van der Waals surface area contributed by atoms with Crippen molar-refractivity contribution in [2.75, 3.05) is 31.7 Å². The van der Waals surface area contributed by atoms with E-state index in [0.29, 0.717) is 17.8 Å². The molecule has 0 spiro atoms. The smallest absolute Gasteiger partial charge is 0.239 e. The first-order chi connectivity index (χ1) is 15.4. The summed E-state index contributed by atoms with van der Waals surface area (Å²) in [7, 11) is 0. The van der Waals surface area contributed by atoms with Crippen LogP contribution in [0, 0.1) is 0 Å². The van der Waals surface area contributed by atoms with Crippen molar-refractivity contribution in [2.45, 2.75) is 43.9 Å². The number of aliphatic hydroxyl groups is 3. The molecule has 14 nitrogen and oxygen atoms in total. The first kappa shape index (κ1) is 23.7. The number of hydrogen-bond acceptors (Lipinski definition) is 11. The van der Waals surface area contributed by atoms with Crippen molar-refractivity contribution in [2.24, 2.45) is 0 Å². The number of hydrogen-bond donors (Lipinski definition) is 7. The number of aliphatic hydroxyl groups excluding tert-OH is 3. The molecule has 0 aliphatic carbocycles. The van der Waals surface area contributed by atoms with E-state index in [-0.39, 0.29) is 31.3 Å². The highest BCUT2D eigenvalue weighted by molar-refractivity contribution is 5.85. The van der Waals surface area contributed by atoms with E-state index in [0.717, 1.165) is 0 Å². The lowest BCUT2D eigenvalue weighted by Gasteiger charge is -2.42. The number of imidazole rings is 1. The normalized spacial score (nSPS) is 25.4. The third-order valence-electron chi connectivity index (χ3n) is 4.88. The lowest BCUT2D eigenvalue weighted by atomic mass is 9.95. The fourth-order valence-electron chi connectivity index (χ4n) is 3.24. The van der Waals surface area contributed by atoms with Crippen molar-refractivity contribution in [3.8, 4) is 0 Å². The van der Waals surface area contributed by atoms with E-state index in [9.17, 15) is 24.9 Å². The number of ether oxygens (including phenoxy) is 2. The molecule has 2 aromatic heterocycles. The van der Waals surface area contributed by atoms with Crippen molar-refractivity contribution in [1.82, 2.24) is 30.6 Å². The quantitative estimate of drug-likeness (QED) is 0.183. The Morgan fingerprint density at radius 2 is 2.03 bits per heavy atom. The number of aromatic amines is 1. The van der Waals surface area contributed by atoms with Crippen LogP contribution in [-0.4, -0.2) is 104 Å². The van der Waals surface area contributed by atoms with Crippen molar-refractivity contribution >= 4 is 28.8 Å². The van der Waals surface area contributed by atoms with Crippen molar-refractivity contribution in [3.05, 3.63) is 12.7 Å². The maximum Gasteiger partial charge on any atom is 0.239 e. The third-order valence-corrected chi connectivity index (χ3v) is 4.88. The number of amides is 2. The minimum atomic E-state index is -1.48. The predicted octanol–water partition coefficient (Wildman–Crippen LogP) is -2.77. The summed E-state index contributed by atoms with van der Waals surface area (Å²) in [6.07, 6.45) is -2.33. The Morgan fingerprint density at radius 1 is 1.22 bits per heavy atom. The monoisotopic (exact) mass is 453 g/mol. The summed E-state index contributed by atoms with van der Waals surface area (Å²) in [6, 6.07) is -1.11. The number of carbonyl (C=O) groups excluding carboxylic acids is 2. The number of anilines is 1. The van der Waals surface area contributed by atoms with Gasteiger partial charge in [0, 0.05) is 13.0 Å². The van der Waals surface area contributed by atoms with Gasteiger partial charge in [0.05, 0.1) is 32.1 Å². The van der Waals surface area contributed by atoms with Crippen LogP contribution in [0.1, 0.15) is 13.3 Å². The van der Waals surface area contributed by atoms with Crippen molar-refractivity contribution < 1.29 is 34.4 Å². The molecule has 1 aliphatic rings. The van der Waals surface area contributed by atoms with Gasteiger partial charge in [-0.15, -0.1) is 0 Å². The summed E-state index contributed by atoms with van der Waals surface area (Å²) in [5.41, 5.74) is 0.856. The molecule has 7 N–H and O–H groups in total. The van der Waals surface area contributed by atoms with Gasteiger partial charge in [-0.1, -0.05) is 0 Å². The van der Waals surface area contributed by atoms with Crippen molar-refractivity contribution in [3.63, 3.8) is 0 Å². The van der Waals surface area contributed by atoms with Crippen LogP contribution in [0.3, 0.4) is 0 Å². The molecule has 0 unspecified atom stereocenters. The number of carbonyl (C=O) groups is 2. The summed E-state index contributed by atoms with van der Waals surface area (Å²) in [4.78, 5) is 38.8. The SMILES string of the molecule is CCOCCC(=O)NCC(=O)N[C@@H]1[C@@H](O)[C@H](O)[C@@H](Nc2ncnc3nc[nH]c23)O[C@H]1CO. The molecule has 0 bridgehead atoms. The van der Waals surface area contributed by atoms with E-state index in [4.69, 9.17) is 9.47 Å². The molecule has 5 atom stereocenters. The molecule has 2 aromatic rings. The van der Waals surface area contributed by atoms with Crippen LogP contribution in [0.25, 0.3) is 11.2 Å². The zero-order chi connectivity index (χ0) is 23.1. The molecule has 14 heteroatoms. The van der Waals surface area contributed by atoms with Gasteiger partial charge in [0.15, 0.2) is 17.7 Å². The van der Waals surface area contributed by atoms with Gasteiger partial charge in [-0.2, -0.15) is 0 Å². The minimum Gasteiger partial charge on any atom is -0.394 e. The van der Waals surface area contributed by atoms with Gasteiger partial charge in [-0.25, -0.2) is 15.0 Å². The van der Waals surface area contributed by atoms with Crippen LogP contribution in [0.5, 0.6) is 0 Å². The van der Waals surface area contributed by atoms with Gasteiger partial charge < -0.3 is 45.7 Å². The maximum atomic E-state index is 12.2. The number of H-pyrrole nitrogens is 1. The molecule has 32 heavy (non-hydrogen) atoms. The second-order valence-electron chi connectivity index (χ2n) is 7.04. The second-order valence-corrected chi connectivity index (χ2v) is 7.04. The van der Waals surface area contributed by atoms with Gasteiger partial charge in [0.1, 0.15) is 30.2 Å². The van der Waals surface area contributed by atoms with Crippen LogP contribution < -0.4 is 16.0 Å². The van der Waals surface area contributed by atoms with Crippen LogP contribution in [-0.2, 0) is 19.1 Å². The average molecular weight is 453 g/mol. The summed E-state index contributed by atoms with van der Waals surface area (Å²) < 4.78 is 10.7. The molecule has 1 aliphatic heterocycles. The highest BCUT2D eigenvalue weighted by atomic mass is 16.5. The number of nitrogens with one attached hydrogen (secondary N) is 4. The summed E-state index contributed by atoms with van der Waals surface area (Å²) >= 11 is 0. The van der Waals surface area contributed by atoms with Gasteiger partial charge in [0.25, 0.3) is 0 Å². The number of nitrogens with zero attached hydrogens (tertiary/aromatic N) is 3. The molecule has 0 aromatic carbocycles. The zero-order valence-corrected chi connectivity index (χ0v) is 17.4. The lowest BCUT2D eigenvalue weighted by molar-refractivity contribution is -0.185. The van der Waals surface area contributed by atoms with Gasteiger partial charge in [0.2, 0.25) is 11.8 Å². The molecule has 1 fully saturated rings. The van der Waals surface area contributed by atoms with Crippen LogP contribution in [0.4, 0.5) is 5.82 Å². The van der Waals surface area contributed by atoms with Crippen LogP contribution >= 0.6 is 0 Å². The molecule has 3 heterocycles. The highest BCUT2D eigenvalue weighted by Crippen LogP contribution is 2.24. The maximum absolute atomic E-state index is 12.2. The van der Waals surface area contributed by atoms with Gasteiger partial charge in [-0.3, -0.25) is 9.59 Å². The van der Waals surface area contributed by atoms with Crippen LogP contribution in [0.15, 0.2) is 12.7 Å². The Labute approximate surface area is 182 Å². The summed E-state index contributed by atoms with van der Waals surface area (Å²) in [5.74, 6) is -0.709. The Hall–Kier alpha value is -2.91. The van der Waals surface area contributed by atoms with E-state index in [2.05, 4.69) is 35.9 Å². The second kappa shape index (κ2) is 11.1. The Bertz CT molecular complexity index is 909. The molecule has 3 rings (SSSR count). The average Bonchev–Trinajstić information content (AvgIpc) is 3.27. The fraction of sp³-hybridized carbons (Fsp3) is 0.611. The first-order valence-electron chi connectivity index (χ1n) is 10.1. The third kappa shape index (κ3) is 5.66. The van der Waals surface area contributed by atoms with Crippen LogP contribution in [0.2, 0.25) is 0 Å². The highest BCUT2D eigenvalue weighted by Gasteiger charge is 2.45. The van der Waals surface area contributed by atoms with Gasteiger partial charge in [-0.05, 0) is 6.92 Å². The van der Waals surface area contributed by atoms with Crippen molar-refractivity contribution in [1.29, 1.82) is 0 Å².